The Hall–Kier alpha value is -1.71. The van der Waals surface area contributed by atoms with Gasteiger partial charge >= 0.3 is 11.9 Å². The minimum atomic E-state index is -1.61. The highest BCUT2D eigenvalue weighted by Gasteiger charge is 2.21. The smallest absolute Gasteiger partial charge is 0.306 e. The summed E-state index contributed by atoms with van der Waals surface area (Å²) < 4.78 is 22.4. The summed E-state index contributed by atoms with van der Waals surface area (Å²) in [7, 11) is 5.90. The van der Waals surface area contributed by atoms with Gasteiger partial charge in [-0.25, -0.2) is 0 Å². The molecule has 314 valence electrons. The SMILES string of the molecule is CCCCCCCCCCCCCCCCCCCCCCCCC(=O)OC(COC(=O)CCCCCCCC)COC(OCC[N+](C)(C)C)C(=O)[O-]. The number of ether oxygens (including phenoxy) is 4. The lowest BCUT2D eigenvalue weighted by Gasteiger charge is -2.26. The van der Waals surface area contributed by atoms with Gasteiger partial charge in [-0.1, -0.05) is 181 Å². The lowest BCUT2D eigenvalue weighted by molar-refractivity contribution is -0.870. The third-order valence-electron chi connectivity index (χ3n) is 9.85. The van der Waals surface area contributed by atoms with E-state index in [1.165, 1.54) is 135 Å². The highest BCUT2D eigenvalue weighted by molar-refractivity contribution is 5.70. The van der Waals surface area contributed by atoms with E-state index in [4.69, 9.17) is 18.9 Å². The largest absolute Gasteiger partial charge is 0.545 e. The van der Waals surface area contributed by atoms with Gasteiger partial charge in [-0.15, -0.1) is 0 Å². The van der Waals surface area contributed by atoms with Gasteiger partial charge in [-0.3, -0.25) is 9.59 Å². The minimum absolute atomic E-state index is 0.152. The fourth-order valence-electron chi connectivity index (χ4n) is 6.36. The highest BCUT2D eigenvalue weighted by Crippen LogP contribution is 2.16. The van der Waals surface area contributed by atoms with Gasteiger partial charge in [0.2, 0.25) is 0 Å². The van der Waals surface area contributed by atoms with E-state index in [2.05, 4.69) is 13.8 Å². The van der Waals surface area contributed by atoms with Crippen molar-refractivity contribution in [2.24, 2.45) is 0 Å². The summed E-state index contributed by atoms with van der Waals surface area (Å²) in [4.78, 5) is 36.7. The lowest BCUT2D eigenvalue weighted by Crippen LogP contribution is -2.44. The van der Waals surface area contributed by atoms with Crippen molar-refractivity contribution in [3.63, 3.8) is 0 Å². The molecule has 2 atom stereocenters. The van der Waals surface area contributed by atoms with E-state index in [1.54, 1.807) is 0 Å². The fraction of sp³-hybridized carbons (Fsp3) is 0.932. The Labute approximate surface area is 326 Å². The van der Waals surface area contributed by atoms with Crippen LogP contribution in [-0.2, 0) is 33.3 Å². The van der Waals surface area contributed by atoms with Crippen LogP contribution in [0.1, 0.15) is 206 Å². The molecule has 0 aliphatic heterocycles. The quantitative estimate of drug-likeness (QED) is 0.0263. The van der Waals surface area contributed by atoms with Crippen molar-refractivity contribution in [2.75, 3.05) is 47.5 Å². The molecule has 0 bridgehead atoms. The molecule has 0 aromatic rings. The Bertz CT molecular complexity index is 846. The van der Waals surface area contributed by atoms with E-state index < -0.39 is 24.3 Å². The number of carboxylic acids is 1. The monoisotopic (exact) mass is 756 g/mol. The van der Waals surface area contributed by atoms with Crippen LogP contribution in [0.2, 0.25) is 0 Å². The maximum atomic E-state index is 12.7. The summed E-state index contributed by atoms with van der Waals surface area (Å²) in [6.45, 7) is 4.70. The molecule has 0 rings (SSSR count). The number of aliphatic carboxylic acids is 1. The van der Waals surface area contributed by atoms with E-state index in [0.29, 0.717) is 17.4 Å². The van der Waals surface area contributed by atoms with Crippen molar-refractivity contribution in [1.82, 2.24) is 0 Å². The van der Waals surface area contributed by atoms with E-state index in [0.717, 1.165) is 44.9 Å². The van der Waals surface area contributed by atoms with Crippen LogP contribution in [0, 0.1) is 0 Å². The Morgan fingerprint density at radius 2 is 0.849 bits per heavy atom. The number of quaternary nitrogens is 1. The average molecular weight is 756 g/mol. The first-order valence-corrected chi connectivity index (χ1v) is 22.2. The van der Waals surface area contributed by atoms with E-state index in [-0.39, 0.29) is 32.2 Å². The molecule has 9 nitrogen and oxygen atoms in total. The zero-order valence-corrected chi connectivity index (χ0v) is 35.4. The van der Waals surface area contributed by atoms with E-state index in [1.807, 2.05) is 21.1 Å². The van der Waals surface area contributed by atoms with Crippen molar-refractivity contribution < 1.29 is 42.9 Å². The first-order chi connectivity index (χ1) is 25.6. The second-order valence-corrected chi connectivity index (χ2v) is 16.4. The molecule has 0 aromatic carbocycles. The lowest BCUT2D eigenvalue weighted by atomic mass is 10.0. The van der Waals surface area contributed by atoms with Gasteiger partial charge in [0.25, 0.3) is 0 Å². The molecular weight excluding hydrogens is 670 g/mol. The molecule has 0 N–H and O–H groups in total. The molecule has 0 radical (unpaired) electrons. The zero-order chi connectivity index (χ0) is 39.3. The molecule has 0 fully saturated rings. The normalized spacial score (nSPS) is 12.8. The number of likely N-dealkylation sites (N-methyl/N-ethyl adjacent to an activating group) is 1. The molecule has 0 heterocycles. The topological polar surface area (TPSA) is 111 Å². The van der Waals surface area contributed by atoms with Crippen LogP contribution in [0.15, 0.2) is 0 Å². The second-order valence-electron chi connectivity index (χ2n) is 16.4. The number of rotatable bonds is 41. The van der Waals surface area contributed by atoms with Crippen molar-refractivity contribution in [2.45, 2.75) is 219 Å². The van der Waals surface area contributed by atoms with Gasteiger partial charge < -0.3 is 33.3 Å². The fourth-order valence-corrected chi connectivity index (χ4v) is 6.36. The molecule has 0 saturated heterocycles. The molecule has 53 heavy (non-hydrogen) atoms. The van der Waals surface area contributed by atoms with Crippen LogP contribution in [0.4, 0.5) is 0 Å². The van der Waals surface area contributed by atoms with Crippen molar-refractivity contribution in [1.29, 1.82) is 0 Å². The number of hydrogen-bond donors (Lipinski definition) is 0. The van der Waals surface area contributed by atoms with Crippen LogP contribution in [0.25, 0.3) is 0 Å². The van der Waals surface area contributed by atoms with Crippen LogP contribution < -0.4 is 5.11 Å². The average Bonchev–Trinajstić information content (AvgIpc) is 3.11. The van der Waals surface area contributed by atoms with Gasteiger partial charge in [-0.2, -0.15) is 0 Å². The second kappa shape index (κ2) is 37.2. The molecule has 2 unspecified atom stereocenters. The standard InChI is InChI=1S/C44H85NO8/c1-6-8-10-12-14-15-16-17-18-19-20-21-22-23-24-25-26-27-28-29-31-33-35-42(47)53-40(38-51-41(46)34-32-30-13-11-9-7-2)39-52-44(43(48)49)50-37-36-45(3,4)5/h40,44H,6-39H2,1-5H3. The minimum Gasteiger partial charge on any atom is -0.545 e. The van der Waals surface area contributed by atoms with Crippen LogP contribution >= 0.6 is 0 Å². The maximum Gasteiger partial charge on any atom is 0.306 e. The summed E-state index contributed by atoms with van der Waals surface area (Å²) in [6, 6.07) is 0. The third kappa shape index (κ3) is 38.4. The van der Waals surface area contributed by atoms with Gasteiger partial charge in [0, 0.05) is 12.8 Å². The summed E-state index contributed by atoms with van der Waals surface area (Å²) in [5.41, 5.74) is 0. The summed E-state index contributed by atoms with van der Waals surface area (Å²) in [6.07, 6.45) is 33.2. The van der Waals surface area contributed by atoms with E-state index in [9.17, 15) is 19.5 Å². The maximum absolute atomic E-state index is 12.7. The summed E-state index contributed by atoms with van der Waals surface area (Å²) in [5, 5.41) is 11.6. The number of carboxylic acid groups (broad SMARTS) is 1. The first kappa shape index (κ1) is 51.3. The molecule has 0 amide bonds. The summed E-state index contributed by atoms with van der Waals surface area (Å²) >= 11 is 0. The predicted octanol–water partition coefficient (Wildman–Crippen LogP) is 10.00. The van der Waals surface area contributed by atoms with Crippen LogP contribution in [-0.4, -0.2) is 82.3 Å². The van der Waals surface area contributed by atoms with Crippen LogP contribution in [0.3, 0.4) is 0 Å². The number of esters is 2. The number of carbonyl (C=O) groups is 3. The zero-order valence-electron chi connectivity index (χ0n) is 35.4. The molecule has 0 aliphatic rings. The number of hydrogen-bond acceptors (Lipinski definition) is 8. The van der Waals surface area contributed by atoms with Crippen molar-refractivity contribution in [3.05, 3.63) is 0 Å². The van der Waals surface area contributed by atoms with Gasteiger partial charge in [-0.05, 0) is 12.8 Å². The Morgan fingerprint density at radius 3 is 1.21 bits per heavy atom. The van der Waals surface area contributed by atoms with Gasteiger partial charge in [0.05, 0.1) is 40.3 Å². The van der Waals surface area contributed by atoms with Gasteiger partial charge in [0.15, 0.2) is 12.4 Å². The van der Waals surface area contributed by atoms with E-state index >= 15 is 0 Å². The Morgan fingerprint density at radius 1 is 0.491 bits per heavy atom. The number of nitrogens with zero attached hydrogens (tertiary/aromatic N) is 1. The molecule has 0 aliphatic carbocycles. The Kier molecular flexibility index (Phi) is 36.0. The Balaban J connectivity index is 4.17. The van der Waals surface area contributed by atoms with Gasteiger partial charge in [0.1, 0.15) is 13.2 Å². The predicted molar refractivity (Wildman–Crippen MR) is 214 cm³/mol. The highest BCUT2D eigenvalue weighted by atomic mass is 16.7. The van der Waals surface area contributed by atoms with Crippen molar-refractivity contribution in [3.8, 4) is 0 Å². The molecule has 9 heteroatoms. The number of carbonyl (C=O) groups excluding carboxylic acids is 3. The molecular formula is C44H85NO8. The van der Waals surface area contributed by atoms with Crippen LogP contribution in [0.5, 0.6) is 0 Å². The number of unbranched alkanes of at least 4 members (excludes halogenated alkanes) is 26. The molecule has 0 saturated carbocycles. The molecule has 0 aromatic heterocycles. The molecule has 0 spiro atoms. The third-order valence-corrected chi connectivity index (χ3v) is 9.85. The summed E-state index contributed by atoms with van der Waals surface area (Å²) in [5.74, 6) is -2.28. The first-order valence-electron chi connectivity index (χ1n) is 22.2. The van der Waals surface area contributed by atoms with Crippen molar-refractivity contribution >= 4 is 17.9 Å².